The fourth-order valence-corrected chi connectivity index (χ4v) is 2.60. The zero-order chi connectivity index (χ0) is 16.0. The lowest BCUT2D eigenvalue weighted by Gasteiger charge is -2.33. The summed E-state index contributed by atoms with van der Waals surface area (Å²) in [6.45, 7) is 5.45. The van der Waals surface area contributed by atoms with E-state index in [9.17, 15) is 9.59 Å². The molecule has 1 heterocycles. The van der Waals surface area contributed by atoms with Crippen molar-refractivity contribution in [1.82, 2.24) is 10.6 Å². The van der Waals surface area contributed by atoms with Gasteiger partial charge < -0.3 is 16.0 Å². The fourth-order valence-electron chi connectivity index (χ4n) is 2.60. The van der Waals surface area contributed by atoms with Gasteiger partial charge in [0, 0.05) is 17.8 Å². The third-order valence-electron chi connectivity index (χ3n) is 4.04. The minimum absolute atomic E-state index is 0. The number of halogens is 1. The first-order valence-corrected chi connectivity index (χ1v) is 8.00. The summed E-state index contributed by atoms with van der Waals surface area (Å²) < 4.78 is 0. The molecular weight excluding hydrogens is 314 g/mol. The number of nitrogens with one attached hydrogen (secondary N) is 3. The van der Waals surface area contributed by atoms with Crippen LogP contribution in [0.25, 0.3) is 0 Å². The number of amides is 2. The van der Waals surface area contributed by atoms with Gasteiger partial charge in [-0.25, -0.2) is 0 Å². The molecule has 2 amide bonds. The molecular formula is C17H26ClN3O2. The van der Waals surface area contributed by atoms with E-state index in [0.717, 1.165) is 32.2 Å². The van der Waals surface area contributed by atoms with Crippen LogP contribution < -0.4 is 16.0 Å². The lowest BCUT2D eigenvalue weighted by molar-refractivity contribution is -0.122. The number of rotatable bonds is 5. The highest BCUT2D eigenvalue weighted by Crippen LogP contribution is 2.21. The molecule has 6 heteroatoms. The van der Waals surface area contributed by atoms with Crippen LogP contribution in [0.5, 0.6) is 0 Å². The van der Waals surface area contributed by atoms with Crippen molar-refractivity contribution in [2.24, 2.45) is 0 Å². The van der Waals surface area contributed by atoms with Crippen LogP contribution in [-0.4, -0.2) is 30.4 Å². The van der Waals surface area contributed by atoms with Crippen LogP contribution in [0.4, 0.5) is 5.69 Å². The van der Waals surface area contributed by atoms with E-state index in [1.165, 1.54) is 0 Å². The Bertz CT molecular complexity index is 542. The Morgan fingerprint density at radius 3 is 2.74 bits per heavy atom. The lowest BCUT2D eigenvalue weighted by Crippen LogP contribution is -2.54. The van der Waals surface area contributed by atoms with E-state index < -0.39 is 5.54 Å². The van der Waals surface area contributed by atoms with Gasteiger partial charge in [-0.05, 0) is 57.4 Å². The summed E-state index contributed by atoms with van der Waals surface area (Å²) in [7, 11) is 0. The molecule has 2 rings (SSSR count). The smallest absolute Gasteiger partial charge is 0.251 e. The molecule has 1 aliphatic rings. The Kier molecular flexibility index (Phi) is 7.52. The van der Waals surface area contributed by atoms with E-state index in [4.69, 9.17) is 0 Å². The predicted molar refractivity (Wildman–Crippen MR) is 95.2 cm³/mol. The van der Waals surface area contributed by atoms with Crippen molar-refractivity contribution in [3.05, 3.63) is 29.8 Å². The molecule has 5 nitrogen and oxygen atoms in total. The van der Waals surface area contributed by atoms with Gasteiger partial charge in [-0.1, -0.05) is 13.0 Å². The standard InChI is InChI=1S/C17H25N3O2.ClH/c1-3-10-18-15(21)13-7-6-8-14(12-13)20-16(22)17(2)9-4-5-11-19-17;/h6-8,12,19H,3-5,9-11H2,1-2H3,(H,18,21)(H,20,22);1H. The Labute approximate surface area is 144 Å². The van der Waals surface area contributed by atoms with Gasteiger partial charge in [-0.15, -0.1) is 12.4 Å². The number of carbonyl (C=O) groups is 2. The first kappa shape index (κ1) is 19.5. The van der Waals surface area contributed by atoms with Crippen molar-refractivity contribution < 1.29 is 9.59 Å². The van der Waals surface area contributed by atoms with E-state index >= 15 is 0 Å². The molecule has 0 saturated carbocycles. The van der Waals surface area contributed by atoms with Crippen molar-refractivity contribution >= 4 is 29.9 Å². The SMILES string of the molecule is CCCNC(=O)c1cccc(NC(=O)C2(C)CCCCN2)c1.Cl. The summed E-state index contributed by atoms with van der Waals surface area (Å²) in [5.41, 5.74) is 0.689. The normalized spacial score (nSPS) is 20.3. The first-order chi connectivity index (χ1) is 10.5. The third-order valence-corrected chi connectivity index (χ3v) is 4.04. The Morgan fingerprint density at radius 1 is 1.30 bits per heavy atom. The molecule has 0 spiro atoms. The second kappa shape index (κ2) is 8.89. The second-order valence-electron chi connectivity index (χ2n) is 6.01. The van der Waals surface area contributed by atoms with E-state index in [-0.39, 0.29) is 24.2 Å². The number of benzene rings is 1. The molecule has 23 heavy (non-hydrogen) atoms. The maximum atomic E-state index is 12.5. The topological polar surface area (TPSA) is 70.2 Å². The number of hydrogen-bond acceptors (Lipinski definition) is 3. The van der Waals surface area contributed by atoms with Crippen LogP contribution in [0, 0.1) is 0 Å². The number of carbonyl (C=O) groups excluding carboxylic acids is 2. The van der Waals surface area contributed by atoms with Crippen LogP contribution in [0.2, 0.25) is 0 Å². The van der Waals surface area contributed by atoms with E-state index in [2.05, 4.69) is 16.0 Å². The monoisotopic (exact) mass is 339 g/mol. The summed E-state index contributed by atoms with van der Waals surface area (Å²) in [5.74, 6) is -0.154. The molecule has 1 fully saturated rings. The molecule has 1 saturated heterocycles. The zero-order valence-electron chi connectivity index (χ0n) is 13.8. The average molecular weight is 340 g/mol. The van der Waals surface area contributed by atoms with Gasteiger partial charge in [0.05, 0.1) is 5.54 Å². The van der Waals surface area contributed by atoms with Gasteiger partial charge >= 0.3 is 0 Å². The van der Waals surface area contributed by atoms with Crippen LogP contribution in [-0.2, 0) is 4.79 Å². The zero-order valence-corrected chi connectivity index (χ0v) is 14.6. The van der Waals surface area contributed by atoms with Gasteiger partial charge in [0.15, 0.2) is 0 Å². The quantitative estimate of drug-likeness (QED) is 0.772. The molecule has 0 aromatic heterocycles. The third kappa shape index (κ3) is 5.22. The lowest BCUT2D eigenvalue weighted by atomic mass is 9.90. The Morgan fingerprint density at radius 2 is 2.09 bits per heavy atom. The Hall–Kier alpha value is -1.59. The highest BCUT2D eigenvalue weighted by atomic mass is 35.5. The van der Waals surface area contributed by atoms with Gasteiger partial charge in [-0.2, -0.15) is 0 Å². The highest BCUT2D eigenvalue weighted by Gasteiger charge is 2.34. The summed E-state index contributed by atoms with van der Waals surface area (Å²) in [5, 5.41) is 9.05. The van der Waals surface area contributed by atoms with Crippen molar-refractivity contribution in [2.45, 2.75) is 45.1 Å². The summed E-state index contributed by atoms with van der Waals surface area (Å²) in [6.07, 6.45) is 3.88. The van der Waals surface area contributed by atoms with Crippen LogP contribution >= 0.6 is 12.4 Å². The molecule has 1 aromatic rings. The number of piperidine rings is 1. The van der Waals surface area contributed by atoms with Crippen molar-refractivity contribution in [2.75, 3.05) is 18.4 Å². The first-order valence-electron chi connectivity index (χ1n) is 8.00. The molecule has 1 unspecified atom stereocenters. The maximum absolute atomic E-state index is 12.5. The van der Waals surface area contributed by atoms with E-state index in [0.29, 0.717) is 17.8 Å². The maximum Gasteiger partial charge on any atom is 0.251 e. The minimum Gasteiger partial charge on any atom is -0.352 e. The van der Waals surface area contributed by atoms with Gasteiger partial charge in [0.1, 0.15) is 0 Å². The summed E-state index contributed by atoms with van der Waals surface area (Å²) >= 11 is 0. The van der Waals surface area contributed by atoms with Crippen LogP contribution in [0.1, 0.15) is 49.9 Å². The molecule has 128 valence electrons. The largest absolute Gasteiger partial charge is 0.352 e. The number of anilines is 1. The molecule has 3 N–H and O–H groups in total. The molecule has 0 aliphatic carbocycles. The van der Waals surface area contributed by atoms with Crippen LogP contribution in [0.3, 0.4) is 0 Å². The minimum atomic E-state index is -0.529. The van der Waals surface area contributed by atoms with Crippen molar-refractivity contribution in [1.29, 1.82) is 0 Å². The van der Waals surface area contributed by atoms with Gasteiger partial charge in [0.25, 0.3) is 5.91 Å². The van der Waals surface area contributed by atoms with Crippen LogP contribution in [0.15, 0.2) is 24.3 Å². The molecule has 1 aromatic carbocycles. The number of hydrogen-bond donors (Lipinski definition) is 3. The van der Waals surface area contributed by atoms with Crippen molar-refractivity contribution in [3.8, 4) is 0 Å². The molecule has 0 bridgehead atoms. The fraction of sp³-hybridized carbons (Fsp3) is 0.529. The molecule has 1 aliphatic heterocycles. The molecule has 1 atom stereocenters. The highest BCUT2D eigenvalue weighted by molar-refractivity contribution is 6.00. The second-order valence-corrected chi connectivity index (χ2v) is 6.01. The average Bonchev–Trinajstić information content (AvgIpc) is 2.53. The van der Waals surface area contributed by atoms with Gasteiger partial charge in [0.2, 0.25) is 5.91 Å². The summed E-state index contributed by atoms with van der Waals surface area (Å²) in [6, 6.07) is 7.06. The molecule has 0 radical (unpaired) electrons. The van der Waals surface area contributed by atoms with E-state index in [1.807, 2.05) is 13.8 Å². The van der Waals surface area contributed by atoms with E-state index in [1.54, 1.807) is 24.3 Å². The van der Waals surface area contributed by atoms with Crippen molar-refractivity contribution in [3.63, 3.8) is 0 Å². The predicted octanol–water partition coefficient (Wildman–Crippen LogP) is 2.72. The van der Waals surface area contributed by atoms with Gasteiger partial charge in [-0.3, -0.25) is 9.59 Å². The summed E-state index contributed by atoms with van der Waals surface area (Å²) in [4.78, 5) is 24.4. The Balaban J connectivity index is 0.00000264.